The molecule has 35 heavy (non-hydrogen) atoms. The van der Waals surface area contributed by atoms with Crippen LogP contribution >= 0.6 is 0 Å². The number of nitrogens with zero attached hydrogens (tertiary/aromatic N) is 1. The zero-order chi connectivity index (χ0) is 24.0. The third kappa shape index (κ3) is 5.36. The van der Waals surface area contributed by atoms with Gasteiger partial charge in [0.25, 0.3) is 0 Å². The van der Waals surface area contributed by atoms with Crippen LogP contribution < -0.4 is 10.9 Å². The molecule has 0 bridgehead atoms. The fourth-order valence-electron chi connectivity index (χ4n) is 4.25. The van der Waals surface area contributed by atoms with Crippen molar-refractivity contribution in [3.63, 3.8) is 0 Å². The summed E-state index contributed by atoms with van der Waals surface area (Å²) >= 11 is 0. The second-order valence-corrected chi connectivity index (χ2v) is 8.55. The molecule has 5 rings (SSSR count). The van der Waals surface area contributed by atoms with Gasteiger partial charge >= 0.3 is 5.63 Å². The van der Waals surface area contributed by atoms with Gasteiger partial charge in [-0.25, -0.2) is 4.79 Å². The van der Waals surface area contributed by atoms with Gasteiger partial charge in [0.15, 0.2) is 0 Å². The number of hydrogen-bond donors (Lipinski definition) is 1. The molecule has 0 aliphatic carbocycles. The second-order valence-electron chi connectivity index (χ2n) is 8.55. The number of hydrogen-bond acceptors (Lipinski definition) is 4. The Morgan fingerprint density at radius 3 is 2.17 bits per heavy atom. The van der Waals surface area contributed by atoms with Crippen LogP contribution in [0.3, 0.4) is 0 Å². The van der Waals surface area contributed by atoms with Gasteiger partial charge in [0.2, 0.25) is 5.91 Å². The molecule has 0 aliphatic rings. The van der Waals surface area contributed by atoms with Crippen LogP contribution in [0.2, 0.25) is 0 Å². The molecular weight excluding hydrogens is 436 g/mol. The van der Waals surface area contributed by atoms with E-state index in [9.17, 15) is 9.59 Å². The molecule has 1 atom stereocenters. The Kier molecular flexibility index (Phi) is 6.48. The van der Waals surface area contributed by atoms with Crippen LogP contribution in [0.1, 0.15) is 28.2 Å². The highest BCUT2D eigenvalue weighted by Gasteiger charge is 2.22. The maximum absolute atomic E-state index is 13.5. The highest BCUT2D eigenvalue weighted by Crippen LogP contribution is 2.25. The molecule has 1 N–H and O–H groups in total. The average Bonchev–Trinajstić information content (AvgIpc) is 2.89. The van der Waals surface area contributed by atoms with E-state index in [4.69, 9.17) is 0 Å². The van der Waals surface area contributed by atoms with E-state index in [1.54, 1.807) is 18.2 Å². The van der Waals surface area contributed by atoms with Gasteiger partial charge in [-0.3, -0.25) is 4.79 Å². The summed E-state index contributed by atoms with van der Waals surface area (Å²) in [7, 11) is 0. The summed E-state index contributed by atoms with van der Waals surface area (Å²) in [6.07, 6.45) is 2.89. The molecule has 0 spiro atoms. The first-order valence-corrected chi connectivity index (χ1v) is 11.5. The molecule has 0 aliphatic heterocycles. The van der Waals surface area contributed by atoms with Gasteiger partial charge in [-0.2, -0.15) is 0 Å². The Morgan fingerprint density at radius 2 is 1.46 bits per heavy atom. The fourth-order valence-corrected chi connectivity index (χ4v) is 4.25. The molecule has 172 valence electrons. The van der Waals surface area contributed by atoms with Gasteiger partial charge in [-0.1, -0.05) is 90.1 Å². The van der Waals surface area contributed by atoms with Crippen LogP contribution in [0.4, 0.5) is 5.69 Å². The number of aromatic nitrogens is 1. The highest BCUT2D eigenvalue weighted by atomic mass is 16.5. The van der Waals surface area contributed by atoms with Gasteiger partial charge in [-0.15, -0.1) is 0 Å². The third-order valence-corrected chi connectivity index (χ3v) is 6.10. The summed E-state index contributed by atoms with van der Waals surface area (Å²) in [6, 6.07) is 33.7. The van der Waals surface area contributed by atoms with Crippen LogP contribution in [0, 0.1) is 0 Å². The first-order valence-electron chi connectivity index (χ1n) is 11.5. The molecule has 5 nitrogen and oxygen atoms in total. The van der Waals surface area contributed by atoms with E-state index in [2.05, 4.69) is 39.3 Å². The predicted octanol–water partition coefficient (Wildman–Crippen LogP) is 5.74. The van der Waals surface area contributed by atoms with E-state index >= 15 is 0 Å². The number of fused-ring (bicyclic) bond motifs is 1. The van der Waals surface area contributed by atoms with Crippen molar-refractivity contribution in [1.29, 1.82) is 0 Å². The van der Waals surface area contributed by atoms with Gasteiger partial charge in [0.1, 0.15) is 0 Å². The van der Waals surface area contributed by atoms with E-state index in [1.165, 1.54) is 17.3 Å². The standard InChI is InChI=1S/C30H24N2O3/c33-29(32-26-15-16-27-25(19-26)20-31-35-30(27)34)28(18-22-9-5-2-6-10-22)24-13-11-23(12-14-24)17-21-7-3-1-4-8-21/h1-16,19-20,28H,17-18H2,(H,32,33). The van der Waals surface area contributed by atoms with Crippen LogP contribution in [-0.2, 0) is 17.6 Å². The molecule has 0 saturated heterocycles. The van der Waals surface area contributed by atoms with Crippen LogP contribution in [0.15, 0.2) is 119 Å². The lowest BCUT2D eigenvalue weighted by atomic mass is 9.90. The Balaban J connectivity index is 1.40. The van der Waals surface area contributed by atoms with E-state index < -0.39 is 5.63 Å². The second kappa shape index (κ2) is 10.2. The Labute approximate surface area is 203 Å². The van der Waals surface area contributed by atoms with E-state index in [1.807, 2.05) is 60.7 Å². The normalized spacial score (nSPS) is 11.8. The summed E-state index contributed by atoms with van der Waals surface area (Å²) in [6.45, 7) is 0. The summed E-state index contributed by atoms with van der Waals surface area (Å²) in [5.74, 6) is -0.488. The fraction of sp³-hybridized carbons (Fsp3) is 0.100. The lowest BCUT2D eigenvalue weighted by Gasteiger charge is -2.18. The van der Waals surface area contributed by atoms with Crippen molar-refractivity contribution in [2.45, 2.75) is 18.8 Å². The molecule has 5 aromatic rings. The van der Waals surface area contributed by atoms with E-state index in [-0.39, 0.29) is 11.8 Å². The van der Waals surface area contributed by atoms with E-state index in [0.29, 0.717) is 22.9 Å². The highest BCUT2D eigenvalue weighted by molar-refractivity contribution is 5.98. The van der Waals surface area contributed by atoms with Crippen molar-refractivity contribution < 1.29 is 9.32 Å². The van der Waals surface area contributed by atoms with Gasteiger partial charge in [0.05, 0.1) is 17.5 Å². The largest absolute Gasteiger partial charge is 0.366 e. The smallest absolute Gasteiger partial charge is 0.326 e. The molecule has 0 fully saturated rings. The van der Waals surface area contributed by atoms with Gasteiger partial charge < -0.3 is 9.84 Å². The minimum Gasteiger partial charge on any atom is -0.326 e. The molecule has 0 saturated carbocycles. The average molecular weight is 461 g/mol. The SMILES string of the molecule is O=C(Nc1ccc2c(=O)oncc2c1)C(Cc1ccccc1)c1ccc(Cc2ccccc2)cc1. The van der Waals surface area contributed by atoms with Crippen molar-refractivity contribution >= 4 is 22.4 Å². The van der Waals surface area contributed by atoms with Crippen LogP contribution in [-0.4, -0.2) is 11.1 Å². The Bertz CT molecular complexity index is 1490. The van der Waals surface area contributed by atoms with Crippen molar-refractivity contribution in [2.75, 3.05) is 5.32 Å². The van der Waals surface area contributed by atoms with Crippen LogP contribution in [0.5, 0.6) is 0 Å². The van der Waals surface area contributed by atoms with Crippen molar-refractivity contribution in [2.24, 2.45) is 0 Å². The third-order valence-electron chi connectivity index (χ3n) is 6.10. The Hall–Kier alpha value is -4.51. The number of benzene rings is 4. The molecule has 4 aromatic carbocycles. The lowest BCUT2D eigenvalue weighted by Crippen LogP contribution is -2.23. The zero-order valence-electron chi connectivity index (χ0n) is 19.1. The predicted molar refractivity (Wildman–Crippen MR) is 137 cm³/mol. The number of amides is 1. The number of rotatable bonds is 7. The molecule has 1 unspecified atom stereocenters. The number of carbonyl (C=O) groups excluding carboxylic acids is 1. The minimum atomic E-state index is -0.502. The topological polar surface area (TPSA) is 72.2 Å². The van der Waals surface area contributed by atoms with Crippen molar-refractivity contribution in [3.05, 3.63) is 142 Å². The summed E-state index contributed by atoms with van der Waals surface area (Å²) < 4.78 is 4.68. The molecular formula is C30H24N2O3. The molecule has 0 radical (unpaired) electrons. The summed E-state index contributed by atoms with van der Waals surface area (Å²) in [4.78, 5) is 25.3. The van der Waals surface area contributed by atoms with E-state index in [0.717, 1.165) is 17.5 Å². The zero-order valence-corrected chi connectivity index (χ0v) is 19.1. The quantitative estimate of drug-likeness (QED) is 0.336. The minimum absolute atomic E-state index is 0.111. The van der Waals surface area contributed by atoms with Crippen molar-refractivity contribution in [1.82, 2.24) is 5.16 Å². The van der Waals surface area contributed by atoms with Gasteiger partial charge in [0, 0.05) is 11.1 Å². The summed E-state index contributed by atoms with van der Waals surface area (Å²) in [5.41, 5.74) is 4.58. The first-order chi connectivity index (χ1) is 17.2. The number of nitrogens with one attached hydrogen (secondary N) is 1. The Morgan fingerprint density at radius 1 is 0.800 bits per heavy atom. The van der Waals surface area contributed by atoms with Crippen molar-refractivity contribution in [3.8, 4) is 0 Å². The maximum Gasteiger partial charge on any atom is 0.366 e. The lowest BCUT2D eigenvalue weighted by molar-refractivity contribution is -0.117. The summed E-state index contributed by atoms with van der Waals surface area (Å²) in [5, 5.41) is 7.68. The number of carbonyl (C=O) groups is 1. The molecule has 1 aromatic heterocycles. The molecule has 1 heterocycles. The first kappa shape index (κ1) is 22.3. The number of anilines is 1. The van der Waals surface area contributed by atoms with Gasteiger partial charge in [-0.05, 0) is 53.3 Å². The monoisotopic (exact) mass is 460 g/mol. The molecule has 5 heteroatoms. The maximum atomic E-state index is 13.5. The van der Waals surface area contributed by atoms with Crippen LogP contribution in [0.25, 0.3) is 10.8 Å². The molecule has 1 amide bonds.